The molecule has 0 unspecified atom stereocenters. The third-order valence-corrected chi connectivity index (χ3v) is 7.02. The van der Waals surface area contributed by atoms with Crippen LogP contribution in [0.5, 0.6) is 5.75 Å². The summed E-state index contributed by atoms with van der Waals surface area (Å²) in [5.74, 6) is -0.880. The van der Waals surface area contributed by atoms with Gasteiger partial charge in [0, 0.05) is 42.0 Å². The molecule has 3 aromatic rings. The molecule has 0 radical (unpaired) electrons. The highest BCUT2D eigenvalue weighted by Gasteiger charge is 2.30. The van der Waals surface area contributed by atoms with E-state index in [2.05, 4.69) is 9.98 Å². The van der Waals surface area contributed by atoms with Gasteiger partial charge in [-0.05, 0) is 56.2 Å². The highest BCUT2D eigenvalue weighted by Crippen LogP contribution is 2.41. The monoisotopic (exact) mass is 570 g/mol. The lowest BCUT2D eigenvalue weighted by Gasteiger charge is -2.14. The van der Waals surface area contributed by atoms with Crippen LogP contribution in [0.1, 0.15) is 49.6 Å². The van der Waals surface area contributed by atoms with Gasteiger partial charge in [-0.3, -0.25) is 23.7 Å². The molecule has 1 N–H and O–H groups in total. The number of aliphatic imine (C=N–C) groups is 1. The highest BCUT2D eigenvalue weighted by atomic mass is 35.5. The van der Waals surface area contributed by atoms with Gasteiger partial charge >= 0.3 is 0 Å². The van der Waals surface area contributed by atoms with Crippen molar-refractivity contribution in [2.45, 2.75) is 46.1 Å². The van der Waals surface area contributed by atoms with Gasteiger partial charge in [0.1, 0.15) is 34.7 Å². The van der Waals surface area contributed by atoms with E-state index in [0.717, 1.165) is 19.0 Å². The Balaban J connectivity index is 1.67. The van der Waals surface area contributed by atoms with Gasteiger partial charge in [0.25, 0.3) is 11.1 Å². The first-order valence-electron chi connectivity index (χ1n) is 12.7. The van der Waals surface area contributed by atoms with Crippen LogP contribution in [0.2, 0.25) is 5.02 Å². The lowest BCUT2D eigenvalue weighted by Crippen LogP contribution is -2.29. The minimum absolute atomic E-state index is 0.00715. The fourth-order valence-electron chi connectivity index (χ4n) is 4.11. The third kappa shape index (κ3) is 6.63. The van der Waals surface area contributed by atoms with Crippen LogP contribution in [0, 0.1) is 24.5 Å². The number of aryl methyl sites for hydroxylation is 1. The van der Waals surface area contributed by atoms with E-state index in [9.17, 15) is 23.5 Å². The number of pyridine rings is 3. The van der Waals surface area contributed by atoms with Crippen molar-refractivity contribution in [1.29, 1.82) is 0 Å². The number of hydrogen-bond donors (Lipinski definition) is 1. The number of aliphatic hydroxyl groups is 1. The van der Waals surface area contributed by atoms with Crippen LogP contribution in [0.25, 0.3) is 6.20 Å². The van der Waals surface area contributed by atoms with E-state index in [-0.39, 0.29) is 47.0 Å². The summed E-state index contributed by atoms with van der Waals surface area (Å²) in [4.78, 5) is 34.6. The molecule has 8 nitrogen and oxygen atoms in total. The average molecular weight is 571 g/mol. The second-order valence-electron chi connectivity index (χ2n) is 9.71. The van der Waals surface area contributed by atoms with Crippen LogP contribution >= 0.6 is 11.6 Å². The fraction of sp³-hybridized carbons (Fsp3) is 0.310. The van der Waals surface area contributed by atoms with Gasteiger partial charge in [-0.15, -0.1) is 0 Å². The molecule has 0 spiro atoms. The van der Waals surface area contributed by atoms with Gasteiger partial charge < -0.3 is 9.84 Å². The molecule has 3 heterocycles. The molecule has 1 atom stereocenters. The summed E-state index contributed by atoms with van der Waals surface area (Å²) in [5, 5.41) is 9.14. The van der Waals surface area contributed by atoms with Crippen LogP contribution in [-0.4, -0.2) is 31.7 Å². The number of ether oxygens (including phenoxy) is 1. The van der Waals surface area contributed by atoms with Gasteiger partial charge in [-0.25, -0.2) is 13.8 Å². The van der Waals surface area contributed by atoms with Crippen molar-refractivity contribution in [1.82, 2.24) is 14.1 Å². The number of hydrogen-bond acceptors (Lipinski definition) is 6. The molecule has 0 aliphatic heterocycles. The molecule has 0 amide bonds. The molecule has 210 valence electrons. The first-order chi connectivity index (χ1) is 19.1. The zero-order valence-electron chi connectivity index (χ0n) is 22.3. The highest BCUT2D eigenvalue weighted by molar-refractivity contribution is 6.31. The minimum atomic E-state index is -0.882. The van der Waals surface area contributed by atoms with Crippen molar-refractivity contribution in [3.63, 3.8) is 0 Å². The Bertz CT molecular complexity index is 1620. The zero-order valence-corrected chi connectivity index (χ0v) is 23.0. The number of aromatic nitrogens is 3. The van der Waals surface area contributed by atoms with E-state index in [1.54, 1.807) is 26.1 Å². The van der Waals surface area contributed by atoms with E-state index in [0.29, 0.717) is 28.8 Å². The minimum Gasteiger partial charge on any atom is -0.485 e. The fourth-order valence-corrected chi connectivity index (χ4v) is 4.31. The predicted molar refractivity (Wildman–Crippen MR) is 150 cm³/mol. The number of allylic oxidation sites excluding steroid dienone is 1. The van der Waals surface area contributed by atoms with Crippen molar-refractivity contribution in [3.05, 3.63) is 109 Å². The summed E-state index contributed by atoms with van der Waals surface area (Å²) >= 11 is 6.28. The molecular formula is C29H29ClF2N4O4. The molecule has 0 bridgehead atoms. The van der Waals surface area contributed by atoms with Crippen molar-refractivity contribution in [3.8, 4) is 5.75 Å². The van der Waals surface area contributed by atoms with Crippen LogP contribution < -0.4 is 15.9 Å². The van der Waals surface area contributed by atoms with E-state index in [1.165, 1.54) is 33.7 Å². The molecule has 11 heteroatoms. The number of nitrogens with zero attached hydrogens (tertiary/aromatic N) is 4. The zero-order chi connectivity index (χ0) is 29.0. The maximum absolute atomic E-state index is 13.9. The quantitative estimate of drug-likeness (QED) is 0.287. The van der Waals surface area contributed by atoms with Gasteiger partial charge in [0.05, 0.1) is 12.8 Å². The SMILES string of the molecule is C/C(=C/N=C(/C=C/n1c(C)cc(OCc2ncc(F)cc2F)c(Cl)c1=O)n1cccc([C@@H](C)C2CC2)c1=O)CO. The Morgan fingerprint density at radius 1 is 1.30 bits per heavy atom. The van der Waals surface area contributed by atoms with E-state index < -0.39 is 17.2 Å². The van der Waals surface area contributed by atoms with Crippen LogP contribution in [-0.2, 0) is 6.61 Å². The molecule has 3 aromatic heterocycles. The standard InChI is InChI=1S/C29H29ClF2N4O4/c1-17(15-37)13-34-26(36-9-4-5-22(28(36)38)19(3)20-6-7-20)8-10-35-18(2)11-25(27(30)29(35)39)40-16-24-23(32)12-21(31)14-33-24/h4-5,8-14,19-20,37H,6-7,15-16H2,1-3H3/b10-8+,17-13-,34-26-/t19-/m0/s1. The summed E-state index contributed by atoms with van der Waals surface area (Å²) in [6.45, 7) is 4.80. The molecular weight excluding hydrogens is 542 g/mol. The van der Waals surface area contributed by atoms with E-state index >= 15 is 0 Å². The maximum atomic E-state index is 13.9. The van der Waals surface area contributed by atoms with E-state index in [1.807, 2.05) is 13.0 Å². The van der Waals surface area contributed by atoms with Gasteiger partial charge in [-0.2, -0.15) is 0 Å². The normalized spacial score (nSPS) is 15.1. The number of rotatable bonds is 9. The predicted octanol–water partition coefficient (Wildman–Crippen LogP) is 5.05. The Kier molecular flexibility index (Phi) is 9.11. The molecule has 1 saturated carbocycles. The molecule has 4 rings (SSSR count). The van der Waals surface area contributed by atoms with Crippen molar-refractivity contribution < 1.29 is 18.6 Å². The molecule has 1 aliphatic carbocycles. The summed E-state index contributed by atoms with van der Waals surface area (Å²) in [6.07, 6.45) is 9.02. The van der Waals surface area contributed by atoms with Crippen LogP contribution in [0.3, 0.4) is 0 Å². The van der Waals surface area contributed by atoms with Crippen molar-refractivity contribution >= 4 is 23.6 Å². The Morgan fingerprint density at radius 3 is 2.73 bits per heavy atom. The Labute approximate surface area is 234 Å². The second kappa shape index (κ2) is 12.5. The summed E-state index contributed by atoms with van der Waals surface area (Å²) in [7, 11) is 0. The summed E-state index contributed by atoms with van der Waals surface area (Å²) < 4.78 is 35.2. The Hall–Kier alpha value is -3.89. The average Bonchev–Trinajstić information content (AvgIpc) is 3.78. The van der Waals surface area contributed by atoms with Gasteiger partial charge in [-0.1, -0.05) is 24.6 Å². The first-order valence-corrected chi connectivity index (χ1v) is 13.1. The lowest BCUT2D eigenvalue weighted by atomic mass is 9.98. The van der Waals surface area contributed by atoms with Crippen molar-refractivity contribution in [2.75, 3.05) is 6.61 Å². The van der Waals surface area contributed by atoms with Gasteiger partial charge in [0.2, 0.25) is 0 Å². The number of halogens is 3. The summed E-state index contributed by atoms with van der Waals surface area (Å²) in [5.41, 5.74) is 0.705. The first kappa shape index (κ1) is 29.1. The van der Waals surface area contributed by atoms with Crippen LogP contribution in [0.4, 0.5) is 8.78 Å². The summed E-state index contributed by atoms with van der Waals surface area (Å²) in [6, 6.07) is 5.77. The van der Waals surface area contributed by atoms with Crippen LogP contribution in [0.15, 0.2) is 69.1 Å². The third-order valence-electron chi connectivity index (χ3n) is 6.67. The number of aliphatic hydroxyl groups excluding tert-OH is 1. The molecule has 1 fully saturated rings. The molecule has 40 heavy (non-hydrogen) atoms. The van der Waals surface area contributed by atoms with Gasteiger partial charge in [0.15, 0.2) is 5.82 Å². The maximum Gasteiger partial charge on any atom is 0.277 e. The topological polar surface area (TPSA) is 98.7 Å². The molecule has 0 aromatic carbocycles. The lowest BCUT2D eigenvalue weighted by molar-refractivity contribution is 0.292. The second-order valence-corrected chi connectivity index (χ2v) is 10.1. The van der Waals surface area contributed by atoms with E-state index in [4.69, 9.17) is 16.3 Å². The largest absolute Gasteiger partial charge is 0.485 e. The Morgan fingerprint density at radius 2 is 2.05 bits per heavy atom. The smallest absolute Gasteiger partial charge is 0.277 e. The molecule has 1 aliphatic rings. The van der Waals surface area contributed by atoms with Crippen molar-refractivity contribution in [2.24, 2.45) is 10.9 Å². The molecule has 0 saturated heterocycles.